The Kier molecular flexibility index (Phi) is 6.79. The molecular formula is C20H17ClF4N4O3. The lowest BCUT2D eigenvalue weighted by Crippen LogP contribution is -2.51. The van der Waals surface area contributed by atoms with Crippen molar-refractivity contribution in [2.45, 2.75) is 18.4 Å². The quantitative estimate of drug-likeness (QED) is 0.419. The molecule has 2 aromatic rings. The molecule has 2 amide bonds. The fourth-order valence-electron chi connectivity index (χ4n) is 3.24. The van der Waals surface area contributed by atoms with Gasteiger partial charge in [0.15, 0.2) is 6.10 Å². The number of carbonyl (C=O) groups is 2. The molecule has 0 spiro atoms. The van der Waals surface area contributed by atoms with E-state index in [1.807, 2.05) is 0 Å². The summed E-state index contributed by atoms with van der Waals surface area (Å²) in [6.07, 6.45) is -7.36. The van der Waals surface area contributed by atoms with Crippen LogP contribution in [0.15, 0.2) is 36.9 Å². The molecule has 0 aromatic carbocycles. The maximum atomic E-state index is 14.1. The Hall–Kier alpha value is -3.05. The van der Waals surface area contributed by atoms with E-state index in [0.29, 0.717) is 0 Å². The van der Waals surface area contributed by atoms with Crippen LogP contribution in [0, 0.1) is 5.95 Å². The molecule has 170 valence electrons. The molecule has 32 heavy (non-hydrogen) atoms. The number of alkyl halides is 3. The van der Waals surface area contributed by atoms with E-state index in [-0.39, 0.29) is 34.2 Å². The Morgan fingerprint density at radius 2 is 2.00 bits per heavy atom. The molecule has 3 rings (SSSR count). The monoisotopic (exact) mass is 472 g/mol. The number of hydrogen-bond donors (Lipinski definition) is 1. The number of morpholine rings is 1. The maximum Gasteiger partial charge on any atom is 0.416 e. The van der Waals surface area contributed by atoms with Crippen LogP contribution >= 0.6 is 11.6 Å². The van der Waals surface area contributed by atoms with E-state index >= 15 is 0 Å². The minimum Gasteiger partial charge on any atom is -0.357 e. The maximum absolute atomic E-state index is 14.1. The van der Waals surface area contributed by atoms with Crippen LogP contribution in [0.3, 0.4) is 0 Å². The highest BCUT2D eigenvalue weighted by molar-refractivity contribution is 6.29. The third kappa shape index (κ3) is 5.05. The van der Waals surface area contributed by atoms with Gasteiger partial charge in [-0.1, -0.05) is 24.2 Å². The summed E-state index contributed by atoms with van der Waals surface area (Å²) in [6, 6.07) is 4.90. The predicted molar refractivity (Wildman–Crippen MR) is 106 cm³/mol. The summed E-state index contributed by atoms with van der Waals surface area (Å²) in [5.74, 6) is -2.38. The van der Waals surface area contributed by atoms with Crippen molar-refractivity contribution in [3.05, 3.63) is 59.3 Å². The number of carbonyl (C=O) groups excluding carboxylic acids is 2. The molecule has 1 aliphatic rings. The zero-order chi connectivity index (χ0) is 23.6. The van der Waals surface area contributed by atoms with Gasteiger partial charge in [-0.05, 0) is 18.2 Å². The molecule has 2 atom stereocenters. The summed E-state index contributed by atoms with van der Waals surface area (Å²) >= 11 is 5.98. The van der Waals surface area contributed by atoms with Crippen LogP contribution in [0.2, 0.25) is 5.15 Å². The smallest absolute Gasteiger partial charge is 0.357 e. The van der Waals surface area contributed by atoms with Crippen molar-refractivity contribution in [1.29, 1.82) is 0 Å². The largest absolute Gasteiger partial charge is 0.416 e. The van der Waals surface area contributed by atoms with Crippen LogP contribution in [0.4, 0.5) is 17.6 Å². The van der Waals surface area contributed by atoms with Gasteiger partial charge in [0, 0.05) is 24.2 Å². The molecule has 1 saturated heterocycles. The SMILES string of the molecule is C=CC(=O)N1CC(c2ccc(Cl)nc2-c2cc(F)nc(C(=O)NC)c2)OC(C(F)(F)F)C1. The Morgan fingerprint density at radius 1 is 1.28 bits per heavy atom. The molecule has 7 nitrogen and oxygen atoms in total. The van der Waals surface area contributed by atoms with E-state index in [1.165, 1.54) is 25.2 Å². The highest BCUT2D eigenvalue weighted by Gasteiger charge is 2.47. The summed E-state index contributed by atoms with van der Waals surface area (Å²) < 4.78 is 59.8. The second-order valence-corrected chi connectivity index (χ2v) is 7.20. The lowest BCUT2D eigenvalue weighted by molar-refractivity contribution is -0.253. The molecule has 0 aliphatic carbocycles. The van der Waals surface area contributed by atoms with E-state index in [2.05, 4.69) is 21.9 Å². The molecule has 0 bridgehead atoms. The average molecular weight is 473 g/mol. The molecule has 2 unspecified atom stereocenters. The number of aromatic nitrogens is 2. The fourth-order valence-corrected chi connectivity index (χ4v) is 3.38. The first-order valence-electron chi connectivity index (χ1n) is 9.23. The van der Waals surface area contributed by atoms with Gasteiger partial charge < -0.3 is 15.0 Å². The van der Waals surface area contributed by atoms with E-state index < -0.39 is 42.7 Å². The van der Waals surface area contributed by atoms with Gasteiger partial charge in [-0.2, -0.15) is 17.6 Å². The van der Waals surface area contributed by atoms with Gasteiger partial charge in [-0.25, -0.2) is 9.97 Å². The number of hydrogen-bond acceptors (Lipinski definition) is 5. The lowest BCUT2D eigenvalue weighted by atomic mass is 9.99. The summed E-state index contributed by atoms with van der Waals surface area (Å²) in [4.78, 5) is 32.6. The standard InChI is InChI=1S/C20H17ClF4N4O3/c1-3-17(30)29-8-13(32-14(9-29)20(23,24)25)11-4-5-15(21)28-18(11)10-6-12(19(31)26-2)27-16(22)7-10/h3-7,13-14H,1,8-9H2,2H3,(H,26,31). The molecule has 1 N–H and O–H groups in total. The molecule has 2 aromatic heterocycles. The Balaban J connectivity index is 2.11. The minimum atomic E-state index is -4.74. The van der Waals surface area contributed by atoms with Gasteiger partial charge in [0.25, 0.3) is 5.91 Å². The molecule has 0 radical (unpaired) electrons. The highest BCUT2D eigenvalue weighted by Crippen LogP contribution is 2.37. The number of ether oxygens (including phenoxy) is 1. The highest BCUT2D eigenvalue weighted by atomic mass is 35.5. The summed E-state index contributed by atoms with van der Waals surface area (Å²) in [5, 5.41) is 2.28. The van der Waals surface area contributed by atoms with Crippen molar-refractivity contribution < 1.29 is 31.9 Å². The minimum absolute atomic E-state index is 0.0113. The predicted octanol–water partition coefficient (Wildman–Crippen LogP) is 3.31. The van der Waals surface area contributed by atoms with Crippen molar-refractivity contribution >= 4 is 23.4 Å². The van der Waals surface area contributed by atoms with E-state index in [0.717, 1.165) is 17.0 Å². The zero-order valence-electron chi connectivity index (χ0n) is 16.6. The van der Waals surface area contributed by atoms with Crippen LogP contribution < -0.4 is 5.32 Å². The number of nitrogens with one attached hydrogen (secondary N) is 1. The van der Waals surface area contributed by atoms with Gasteiger partial charge in [0.1, 0.15) is 17.0 Å². The Bertz CT molecular complexity index is 1060. The molecule has 3 heterocycles. The molecule has 0 saturated carbocycles. The Labute approximate surface area is 185 Å². The molecular weight excluding hydrogens is 456 g/mol. The lowest BCUT2D eigenvalue weighted by Gasteiger charge is -2.38. The van der Waals surface area contributed by atoms with Crippen molar-refractivity contribution in [3.63, 3.8) is 0 Å². The second-order valence-electron chi connectivity index (χ2n) is 6.82. The van der Waals surface area contributed by atoms with Crippen LogP contribution in [-0.2, 0) is 9.53 Å². The summed E-state index contributed by atoms with van der Waals surface area (Å²) in [7, 11) is 1.33. The third-order valence-electron chi connectivity index (χ3n) is 4.72. The summed E-state index contributed by atoms with van der Waals surface area (Å²) in [5.41, 5.74) is -0.106. The third-order valence-corrected chi connectivity index (χ3v) is 4.93. The topological polar surface area (TPSA) is 84.4 Å². The van der Waals surface area contributed by atoms with E-state index in [9.17, 15) is 27.2 Å². The number of pyridine rings is 2. The van der Waals surface area contributed by atoms with Crippen molar-refractivity contribution in [2.75, 3.05) is 20.1 Å². The molecule has 1 aliphatic heterocycles. The normalized spacial score (nSPS) is 18.9. The first-order chi connectivity index (χ1) is 15.0. The van der Waals surface area contributed by atoms with E-state index in [1.54, 1.807) is 0 Å². The first kappa shape index (κ1) is 23.6. The zero-order valence-corrected chi connectivity index (χ0v) is 17.4. The first-order valence-corrected chi connectivity index (χ1v) is 9.61. The van der Waals surface area contributed by atoms with Crippen molar-refractivity contribution in [1.82, 2.24) is 20.2 Å². The molecule has 12 heteroatoms. The van der Waals surface area contributed by atoms with Gasteiger partial charge in [0.05, 0.1) is 18.8 Å². The van der Waals surface area contributed by atoms with Crippen LogP contribution in [-0.4, -0.2) is 59.1 Å². The number of halogens is 5. The van der Waals surface area contributed by atoms with Crippen molar-refractivity contribution in [3.8, 4) is 11.3 Å². The summed E-state index contributed by atoms with van der Waals surface area (Å²) in [6.45, 7) is 2.38. The molecule has 1 fully saturated rings. The average Bonchev–Trinajstić information content (AvgIpc) is 2.76. The van der Waals surface area contributed by atoms with Gasteiger partial charge in [0.2, 0.25) is 11.9 Å². The van der Waals surface area contributed by atoms with Gasteiger partial charge in [-0.3, -0.25) is 9.59 Å². The number of amides is 2. The van der Waals surface area contributed by atoms with Crippen LogP contribution in [0.1, 0.15) is 22.2 Å². The van der Waals surface area contributed by atoms with E-state index in [4.69, 9.17) is 16.3 Å². The number of rotatable bonds is 4. The van der Waals surface area contributed by atoms with Crippen LogP contribution in [0.25, 0.3) is 11.3 Å². The van der Waals surface area contributed by atoms with Crippen LogP contribution in [0.5, 0.6) is 0 Å². The Morgan fingerprint density at radius 3 is 2.62 bits per heavy atom. The van der Waals surface area contributed by atoms with Crippen molar-refractivity contribution in [2.24, 2.45) is 0 Å². The fraction of sp³-hybridized carbons (Fsp3) is 0.300. The second kappa shape index (κ2) is 9.21. The van der Waals surface area contributed by atoms with Gasteiger partial charge >= 0.3 is 6.18 Å². The van der Waals surface area contributed by atoms with Gasteiger partial charge in [-0.15, -0.1) is 0 Å². The number of nitrogens with zero attached hydrogens (tertiary/aromatic N) is 3.